The van der Waals surface area contributed by atoms with E-state index in [1.54, 1.807) is 28.5 Å². The number of hydrogen-bond acceptors (Lipinski definition) is 7. The molecule has 0 bridgehead atoms. The van der Waals surface area contributed by atoms with Gasteiger partial charge in [0.2, 0.25) is 0 Å². The van der Waals surface area contributed by atoms with E-state index in [4.69, 9.17) is 9.47 Å². The highest BCUT2D eigenvalue weighted by molar-refractivity contribution is 7.09. The second-order valence-electron chi connectivity index (χ2n) is 5.60. The lowest BCUT2D eigenvalue weighted by atomic mass is 10.1. The van der Waals surface area contributed by atoms with Crippen LogP contribution in [-0.2, 0) is 16.0 Å². The van der Waals surface area contributed by atoms with Crippen molar-refractivity contribution in [3.8, 4) is 5.75 Å². The molecule has 1 amide bonds. The lowest BCUT2D eigenvalue weighted by Gasteiger charge is -2.22. The van der Waals surface area contributed by atoms with Gasteiger partial charge in [0.05, 0.1) is 26.3 Å². The van der Waals surface area contributed by atoms with E-state index in [2.05, 4.69) is 9.72 Å². The summed E-state index contributed by atoms with van der Waals surface area (Å²) in [5.74, 6) is -0.123. The summed E-state index contributed by atoms with van der Waals surface area (Å²) in [5, 5.41) is 2.29. The SMILES string of the molecule is CCOCCCN(Cc1nc(C(=O)OC)cs1)C(=O)c1ccccc1OC. The number of methoxy groups -OCH3 is 2. The Hall–Kier alpha value is -2.45. The zero-order valence-electron chi connectivity index (χ0n) is 15.8. The second kappa shape index (κ2) is 10.6. The number of aromatic nitrogens is 1. The third-order valence-corrected chi connectivity index (χ3v) is 4.65. The van der Waals surface area contributed by atoms with Crippen LogP contribution in [0.15, 0.2) is 29.6 Å². The predicted octanol–water partition coefficient (Wildman–Crippen LogP) is 3.01. The standard InChI is InChI=1S/C19H24N2O5S/c1-4-26-11-7-10-21(12-17-20-15(13-27-17)19(23)25-3)18(22)14-8-5-6-9-16(14)24-2/h5-6,8-9,13H,4,7,10-12H2,1-3H3. The van der Waals surface area contributed by atoms with Crippen LogP contribution >= 0.6 is 11.3 Å². The number of ether oxygens (including phenoxy) is 3. The Balaban J connectivity index is 2.18. The van der Waals surface area contributed by atoms with E-state index >= 15 is 0 Å². The van der Waals surface area contributed by atoms with Gasteiger partial charge in [-0.25, -0.2) is 9.78 Å². The molecule has 0 spiro atoms. The second-order valence-corrected chi connectivity index (χ2v) is 6.54. The lowest BCUT2D eigenvalue weighted by Crippen LogP contribution is -2.32. The van der Waals surface area contributed by atoms with Gasteiger partial charge in [-0.3, -0.25) is 4.79 Å². The highest BCUT2D eigenvalue weighted by Crippen LogP contribution is 2.21. The van der Waals surface area contributed by atoms with Gasteiger partial charge in [-0.15, -0.1) is 11.3 Å². The molecule has 0 aliphatic rings. The van der Waals surface area contributed by atoms with Crippen LogP contribution in [0.4, 0.5) is 0 Å². The van der Waals surface area contributed by atoms with Crippen LogP contribution in [0.2, 0.25) is 0 Å². The molecule has 0 saturated heterocycles. The maximum Gasteiger partial charge on any atom is 0.357 e. The van der Waals surface area contributed by atoms with E-state index in [1.165, 1.54) is 25.6 Å². The third-order valence-electron chi connectivity index (χ3n) is 3.82. The van der Waals surface area contributed by atoms with E-state index < -0.39 is 5.97 Å². The van der Waals surface area contributed by atoms with Gasteiger partial charge in [0.15, 0.2) is 5.69 Å². The first kappa shape index (κ1) is 20.9. The molecular weight excluding hydrogens is 368 g/mol. The molecule has 1 heterocycles. The van der Waals surface area contributed by atoms with Gasteiger partial charge in [-0.05, 0) is 25.5 Å². The number of thiazole rings is 1. The fourth-order valence-electron chi connectivity index (χ4n) is 2.49. The Labute approximate surface area is 162 Å². The van der Waals surface area contributed by atoms with Crippen molar-refractivity contribution >= 4 is 23.2 Å². The van der Waals surface area contributed by atoms with Crippen LogP contribution in [0.3, 0.4) is 0 Å². The van der Waals surface area contributed by atoms with Gasteiger partial charge in [0.25, 0.3) is 5.91 Å². The number of para-hydroxylation sites is 1. The van der Waals surface area contributed by atoms with Crippen molar-refractivity contribution in [3.63, 3.8) is 0 Å². The maximum absolute atomic E-state index is 13.1. The molecule has 0 saturated carbocycles. The molecule has 0 radical (unpaired) electrons. The number of carbonyl (C=O) groups excluding carboxylic acids is 2. The summed E-state index contributed by atoms with van der Waals surface area (Å²) >= 11 is 1.32. The topological polar surface area (TPSA) is 78.0 Å². The molecule has 0 N–H and O–H groups in total. The zero-order chi connectivity index (χ0) is 19.6. The van der Waals surface area contributed by atoms with Crippen LogP contribution in [-0.4, -0.2) is 55.7 Å². The largest absolute Gasteiger partial charge is 0.496 e. The summed E-state index contributed by atoms with van der Waals surface area (Å²) in [4.78, 5) is 30.6. The van der Waals surface area contributed by atoms with Crippen molar-refractivity contribution in [2.75, 3.05) is 34.0 Å². The predicted molar refractivity (Wildman–Crippen MR) is 102 cm³/mol. The molecular formula is C19H24N2O5S. The molecule has 0 aliphatic carbocycles. The highest BCUT2D eigenvalue weighted by Gasteiger charge is 2.21. The van der Waals surface area contributed by atoms with Gasteiger partial charge in [0.1, 0.15) is 10.8 Å². The lowest BCUT2D eigenvalue weighted by molar-refractivity contribution is 0.0594. The first-order valence-corrected chi connectivity index (χ1v) is 9.51. The molecule has 1 aromatic carbocycles. The average molecular weight is 392 g/mol. The summed E-state index contributed by atoms with van der Waals surface area (Å²) in [6.45, 7) is 3.93. The fraction of sp³-hybridized carbons (Fsp3) is 0.421. The quantitative estimate of drug-likeness (QED) is 0.457. The minimum absolute atomic E-state index is 0.154. The van der Waals surface area contributed by atoms with E-state index in [0.29, 0.717) is 49.0 Å². The minimum atomic E-state index is -0.489. The van der Waals surface area contributed by atoms with E-state index in [9.17, 15) is 9.59 Å². The summed E-state index contributed by atoms with van der Waals surface area (Å²) in [5.41, 5.74) is 0.734. The Kier molecular flexibility index (Phi) is 8.22. The third kappa shape index (κ3) is 5.77. The molecule has 0 atom stereocenters. The molecule has 8 heteroatoms. The smallest absolute Gasteiger partial charge is 0.357 e. The number of rotatable bonds is 10. The minimum Gasteiger partial charge on any atom is -0.496 e. The van der Waals surface area contributed by atoms with Crippen LogP contribution in [0.1, 0.15) is 39.2 Å². The first-order chi connectivity index (χ1) is 13.1. The Bertz CT molecular complexity index is 762. The molecule has 0 fully saturated rings. The summed E-state index contributed by atoms with van der Waals surface area (Å²) < 4.78 is 15.4. The number of hydrogen-bond donors (Lipinski definition) is 0. The van der Waals surface area contributed by atoms with Crippen LogP contribution in [0.5, 0.6) is 5.75 Å². The number of benzene rings is 1. The van der Waals surface area contributed by atoms with E-state index in [-0.39, 0.29) is 11.6 Å². The van der Waals surface area contributed by atoms with Gasteiger partial charge in [-0.1, -0.05) is 12.1 Å². The molecule has 1 aromatic heterocycles. The first-order valence-electron chi connectivity index (χ1n) is 8.63. The normalized spacial score (nSPS) is 10.5. The zero-order valence-corrected chi connectivity index (χ0v) is 16.6. The maximum atomic E-state index is 13.1. The number of carbonyl (C=O) groups is 2. The van der Waals surface area contributed by atoms with Crippen molar-refractivity contribution < 1.29 is 23.8 Å². The van der Waals surface area contributed by atoms with Gasteiger partial charge in [0, 0.05) is 25.1 Å². The summed E-state index contributed by atoms with van der Waals surface area (Å²) in [6.07, 6.45) is 0.698. The Morgan fingerprint density at radius 2 is 2.00 bits per heavy atom. The summed E-state index contributed by atoms with van der Waals surface area (Å²) in [6, 6.07) is 7.11. The van der Waals surface area contributed by atoms with Crippen LogP contribution in [0, 0.1) is 0 Å². The molecule has 0 aliphatic heterocycles. The van der Waals surface area contributed by atoms with Gasteiger partial charge in [-0.2, -0.15) is 0 Å². The number of amides is 1. The number of esters is 1. The van der Waals surface area contributed by atoms with Crippen LogP contribution in [0.25, 0.3) is 0 Å². The van der Waals surface area contributed by atoms with Crippen molar-refractivity contribution in [2.45, 2.75) is 19.9 Å². The molecule has 146 valence electrons. The van der Waals surface area contributed by atoms with Crippen molar-refractivity contribution in [3.05, 3.63) is 45.9 Å². The molecule has 27 heavy (non-hydrogen) atoms. The monoisotopic (exact) mass is 392 g/mol. The van der Waals surface area contributed by atoms with Gasteiger partial charge >= 0.3 is 5.97 Å². The highest BCUT2D eigenvalue weighted by atomic mass is 32.1. The van der Waals surface area contributed by atoms with Crippen molar-refractivity contribution in [1.82, 2.24) is 9.88 Å². The number of nitrogens with zero attached hydrogens (tertiary/aromatic N) is 2. The van der Waals surface area contributed by atoms with Crippen molar-refractivity contribution in [2.24, 2.45) is 0 Å². The van der Waals surface area contributed by atoms with E-state index in [1.807, 2.05) is 13.0 Å². The summed E-state index contributed by atoms with van der Waals surface area (Å²) in [7, 11) is 2.85. The molecule has 0 unspecified atom stereocenters. The Morgan fingerprint density at radius 1 is 1.22 bits per heavy atom. The molecule has 2 rings (SSSR count). The Morgan fingerprint density at radius 3 is 2.70 bits per heavy atom. The molecule has 7 nitrogen and oxygen atoms in total. The fourth-order valence-corrected chi connectivity index (χ4v) is 3.27. The average Bonchev–Trinajstić information content (AvgIpc) is 3.17. The van der Waals surface area contributed by atoms with Gasteiger partial charge < -0.3 is 19.1 Å². The van der Waals surface area contributed by atoms with Crippen molar-refractivity contribution in [1.29, 1.82) is 0 Å². The van der Waals surface area contributed by atoms with Crippen LogP contribution < -0.4 is 4.74 Å². The van der Waals surface area contributed by atoms with E-state index in [0.717, 1.165) is 0 Å². The molecule has 2 aromatic rings.